The maximum Gasteiger partial charge on any atom is 0.407 e. The number of hydrogen-bond acceptors (Lipinski definition) is 5. The van der Waals surface area contributed by atoms with Gasteiger partial charge < -0.3 is 19.7 Å². The van der Waals surface area contributed by atoms with Crippen LogP contribution in [0.4, 0.5) is 4.79 Å². The van der Waals surface area contributed by atoms with Crippen molar-refractivity contribution in [2.24, 2.45) is 0 Å². The van der Waals surface area contributed by atoms with Crippen LogP contribution in [0, 0.1) is 0 Å². The summed E-state index contributed by atoms with van der Waals surface area (Å²) in [5, 5.41) is 2.80. The summed E-state index contributed by atoms with van der Waals surface area (Å²) in [6, 6.07) is 19.6. The number of nitrogens with one attached hydrogen (secondary N) is 1. The Morgan fingerprint density at radius 3 is 2.27 bits per heavy atom. The van der Waals surface area contributed by atoms with Crippen LogP contribution in [0.25, 0.3) is 0 Å². The average Bonchev–Trinajstić information content (AvgIpc) is 2.77. The standard InChI is InChI=1S/C24H30N2O4/c1-20(27)30-24(22-11-6-3-7-12-22)13-17-26(18-14-24)16-8-15-25-23(28)29-19-21-9-4-2-5-10-21/h2-7,9-12H,8,13-19H2,1H3,(H,25,28). The van der Waals surface area contributed by atoms with Gasteiger partial charge in [-0.1, -0.05) is 60.7 Å². The van der Waals surface area contributed by atoms with E-state index in [0.717, 1.165) is 50.0 Å². The van der Waals surface area contributed by atoms with Gasteiger partial charge in [0.15, 0.2) is 0 Å². The first-order valence-electron chi connectivity index (χ1n) is 10.5. The highest BCUT2D eigenvalue weighted by Crippen LogP contribution is 2.36. The summed E-state index contributed by atoms with van der Waals surface area (Å²) in [6.45, 7) is 4.89. The zero-order chi connectivity index (χ0) is 21.2. The van der Waals surface area contributed by atoms with Crippen molar-refractivity contribution in [2.45, 2.75) is 38.4 Å². The van der Waals surface area contributed by atoms with E-state index in [2.05, 4.69) is 10.2 Å². The molecular formula is C24H30N2O4. The zero-order valence-corrected chi connectivity index (χ0v) is 17.5. The molecule has 0 unspecified atom stereocenters. The summed E-state index contributed by atoms with van der Waals surface area (Å²) in [5.74, 6) is -0.245. The molecule has 6 nitrogen and oxygen atoms in total. The van der Waals surface area contributed by atoms with E-state index >= 15 is 0 Å². The predicted octanol–water partition coefficient (Wildman–Crippen LogP) is 3.86. The molecule has 0 atom stereocenters. The Kier molecular flexibility index (Phi) is 7.85. The van der Waals surface area contributed by atoms with Crippen molar-refractivity contribution in [1.29, 1.82) is 0 Å². The van der Waals surface area contributed by atoms with Crippen LogP contribution in [0.15, 0.2) is 60.7 Å². The highest BCUT2D eigenvalue weighted by atomic mass is 16.6. The first kappa shape index (κ1) is 21.8. The molecule has 0 spiro atoms. The van der Waals surface area contributed by atoms with Crippen molar-refractivity contribution < 1.29 is 19.1 Å². The number of piperidine rings is 1. The lowest BCUT2D eigenvalue weighted by molar-refractivity contribution is -0.164. The minimum absolute atomic E-state index is 0.245. The van der Waals surface area contributed by atoms with Gasteiger partial charge in [0, 0.05) is 39.4 Å². The number of carbonyl (C=O) groups excluding carboxylic acids is 2. The molecule has 3 rings (SSSR count). The van der Waals surface area contributed by atoms with Crippen molar-refractivity contribution in [2.75, 3.05) is 26.2 Å². The van der Waals surface area contributed by atoms with Crippen LogP contribution in [-0.2, 0) is 26.5 Å². The molecule has 0 bridgehead atoms. The van der Waals surface area contributed by atoms with Gasteiger partial charge in [-0.2, -0.15) is 0 Å². The number of carbonyl (C=O) groups is 2. The Bertz CT molecular complexity index is 802. The summed E-state index contributed by atoms with van der Waals surface area (Å²) in [5.41, 5.74) is 1.49. The molecule has 2 aromatic carbocycles. The lowest BCUT2D eigenvalue weighted by Gasteiger charge is -2.41. The highest BCUT2D eigenvalue weighted by molar-refractivity contribution is 5.67. The number of hydrogen-bond donors (Lipinski definition) is 1. The SMILES string of the molecule is CC(=O)OC1(c2ccccc2)CCN(CCCNC(=O)OCc2ccccc2)CC1. The van der Waals surface area contributed by atoms with Gasteiger partial charge in [0.2, 0.25) is 0 Å². The topological polar surface area (TPSA) is 67.9 Å². The Hall–Kier alpha value is -2.86. The molecule has 1 aliphatic rings. The third-order valence-electron chi connectivity index (χ3n) is 5.44. The Morgan fingerprint density at radius 1 is 1.00 bits per heavy atom. The van der Waals surface area contributed by atoms with Crippen molar-refractivity contribution >= 4 is 12.1 Å². The van der Waals surface area contributed by atoms with E-state index in [1.54, 1.807) is 0 Å². The molecule has 1 fully saturated rings. The van der Waals surface area contributed by atoms with E-state index in [9.17, 15) is 9.59 Å². The third kappa shape index (κ3) is 6.32. The minimum Gasteiger partial charge on any atom is -0.454 e. The molecular weight excluding hydrogens is 380 g/mol. The third-order valence-corrected chi connectivity index (χ3v) is 5.44. The summed E-state index contributed by atoms with van der Waals surface area (Å²) >= 11 is 0. The Labute approximate surface area is 178 Å². The fourth-order valence-corrected chi connectivity index (χ4v) is 3.87. The maximum atomic E-state index is 11.8. The second kappa shape index (κ2) is 10.8. The second-order valence-electron chi connectivity index (χ2n) is 7.64. The first-order valence-corrected chi connectivity index (χ1v) is 10.5. The Balaban J connectivity index is 1.38. The molecule has 1 aliphatic heterocycles. The molecule has 1 amide bonds. The van der Waals surface area contributed by atoms with Gasteiger partial charge in [-0.3, -0.25) is 4.79 Å². The minimum atomic E-state index is -0.539. The van der Waals surface area contributed by atoms with E-state index in [0.29, 0.717) is 6.54 Å². The van der Waals surface area contributed by atoms with Crippen molar-refractivity contribution in [3.8, 4) is 0 Å². The number of alkyl carbamates (subject to hydrolysis) is 1. The molecule has 2 aromatic rings. The van der Waals surface area contributed by atoms with E-state index in [4.69, 9.17) is 9.47 Å². The van der Waals surface area contributed by atoms with Crippen LogP contribution in [0.3, 0.4) is 0 Å². The summed E-state index contributed by atoms with van der Waals surface area (Å²) in [4.78, 5) is 25.9. The predicted molar refractivity (Wildman–Crippen MR) is 115 cm³/mol. The molecule has 0 aliphatic carbocycles. The summed E-state index contributed by atoms with van der Waals surface area (Å²) in [7, 11) is 0. The average molecular weight is 411 g/mol. The van der Waals surface area contributed by atoms with Gasteiger partial charge in [-0.15, -0.1) is 0 Å². The monoisotopic (exact) mass is 410 g/mol. The number of nitrogens with zero attached hydrogens (tertiary/aromatic N) is 1. The number of amides is 1. The number of benzene rings is 2. The van der Waals surface area contributed by atoms with E-state index in [1.807, 2.05) is 60.7 Å². The first-order chi connectivity index (χ1) is 14.6. The van der Waals surface area contributed by atoms with Crippen molar-refractivity contribution in [1.82, 2.24) is 10.2 Å². The molecule has 1 N–H and O–H groups in total. The van der Waals surface area contributed by atoms with Gasteiger partial charge >= 0.3 is 12.1 Å². The lowest BCUT2D eigenvalue weighted by atomic mass is 9.84. The molecule has 0 aromatic heterocycles. The quantitative estimate of drug-likeness (QED) is 0.529. The van der Waals surface area contributed by atoms with Gasteiger partial charge in [0.05, 0.1) is 0 Å². The molecule has 0 radical (unpaired) electrons. The van der Waals surface area contributed by atoms with Crippen LogP contribution in [0.1, 0.15) is 37.3 Å². The van der Waals surface area contributed by atoms with Crippen LogP contribution in [-0.4, -0.2) is 43.1 Å². The number of likely N-dealkylation sites (tertiary alicyclic amines) is 1. The van der Waals surface area contributed by atoms with Crippen LogP contribution >= 0.6 is 0 Å². The Morgan fingerprint density at radius 2 is 1.63 bits per heavy atom. The zero-order valence-electron chi connectivity index (χ0n) is 17.5. The van der Waals surface area contributed by atoms with Crippen molar-refractivity contribution in [3.05, 3.63) is 71.8 Å². The van der Waals surface area contributed by atoms with E-state index < -0.39 is 11.7 Å². The van der Waals surface area contributed by atoms with Gasteiger partial charge in [0.25, 0.3) is 0 Å². The van der Waals surface area contributed by atoms with Gasteiger partial charge in [-0.05, 0) is 24.1 Å². The fourth-order valence-electron chi connectivity index (χ4n) is 3.87. The maximum absolute atomic E-state index is 11.8. The fraction of sp³-hybridized carbons (Fsp3) is 0.417. The molecule has 6 heteroatoms. The molecule has 160 valence electrons. The lowest BCUT2D eigenvalue weighted by Crippen LogP contribution is -2.45. The molecule has 30 heavy (non-hydrogen) atoms. The summed E-state index contributed by atoms with van der Waals surface area (Å²) in [6.07, 6.45) is 1.98. The van der Waals surface area contributed by atoms with Crippen LogP contribution in [0.5, 0.6) is 0 Å². The van der Waals surface area contributed by atoms with Crippen molar-refractivity contribution in [3.63, 3.8) is 0 Å². The number of ether oxygens (including phenoxy) is 2. The van der Waals surface area contributed by atoms with Gasteiger partial charge in [-0.25, -0.2) is 4.79 Å². The second-order valence-corrected chi connectivity index (χ2v) is 7.64. The van der Waals surface area contributed by atoms with Gasteiger partial charge in [0.1, 0.15) is 12.2 Å². The summed E-state index contributed by atoms with van der Waals surface area (Å²) < 4.78 is 11.0. The largest absolute Gasteiger partial charge is 0.454 e. The molecule has 1 heterocycles. The number of esters is 1. The highest BCUT2D eigenvalue weighted by Gasteiger charge is 2.39. The van der Waals surface area contributed by atoms with Crippen LogP contribution in [0.2, 0.25) is 0 Å². The molecule has 1 saturated heterocycles. The smallest absolute Gasteiger partial charge is 0.407 e. The van der Waals surface area contributed by atoms with E-state index in [-0.39, 0.29) is 12.6 Å². The molecule has 0 saturated carbocycles. The normalized spacial score (nSPS) is 15.9. The van der Waals surface area contributed by atoms with Crippen LogP contribution < -0.4 is 5.32 Å². The number of rotatable bonds is 8. The van der Waals surface area contributed by atoms with E-state index in [1.165, 1.54) is 6.92 Å².